The van der Waals surface area contributed by atoms with E-state index in [1.54, 1.807) is 7.05 Å². The van der Waals surface area contributed by atoms with Gasteiger partial charge >= 0.3 is 5.69 Å². The monoisotopic (exact) mass is 649 g/mol. The summed E-state index contributed by atoms with van der Waals surface area (Å²) in [4.78, 5) is 63.5. The Morgan fingerprint density at radius 1 is 1.07 bits per heavy atom. The van der Waals surface area contributed by atoms with Gasteiger partial charge in [0, 0.05) is 43.5 Å². The molecule has 46 heavy (non-hydrogen) atoms. The van der Waals surface area contributed by atoms with Crippen molar-refractivity contribution in [2.24, 2.45) is 7.05 Å². The van der Waals surface area contributed by atoms with Gasteiger partial charge in [0.15, 0.2) is 5.82 Å². The van der Waals surface area contributed by atoms with Crippen LogP contribution in [0, 0.1) is 5.82 Å². The molecule has 0 radical (unpaired) electrons. The number of fused-ring (bicyclic) bond motifs is 2. The summed E-state index contributed by atoms with van der Waals surface area (Å²) in [5.74, 6) is -2.88. The first-order valence-electron chi connectivity index (χ1n) is 14.5. The number of benzene rings is 3. The largest absolute Gasteiger partial charge is 0.506 e. The molecule has 3 saturated heterocycles. The Bertz CT molecular complexity index is 2090. The number of amides is 4. The van der Waals surface area contributed by atoms with Crippen molar-refractivity contribution in [2.45, 2.75) is 24.8 Å². The van der Waals surface area contributed by atoms with Crippen molar-refractivity contribution in [3.8, 4) is 5.75 Å². The van der Waals surface area contributed by atoms with Gasteiger partial charge in [-0.25, -0.2) is 13.4 Å². The van der Waals surface area contributed by atoms with E-state index in [2.05, 4.69) is 15.4 Å². The van der Waals surface area contributed by atoms with Crippen molar-refractivity contribution >= 4 is 68.0 Å². The average Bonchev–Trinajstić information content (AvgIpc) is 3.44. The zero-order valence-corrected chi connectivity index (χ0v) is 25.2. The molecule has 0 bridgehead atoms. The number of rotatable bonds is 6. The summed E-state index contributed by atoms with van der Waals surface area (Å²) in [6.07, 6.45) is 0.422. The molecule has 16 heteroatoms. The fraction of sp³-hybridized carbons (Fsp3) is 0.300. The topological polar surface area (TPSA) is 175 Å². The third-order valence-electron chi connectivity index (χ3n) is 8.68. The predicted molar refractivity (Wildman–Crippen MR) is 166 cm³/mol. The third-order valence-corrected chi connectivity index (χ3v) is 9.80. The fourth-order valence-corrected chi connectivity index (χ4v) is 7.31. The summed E-state index contributed by atoms with van der Waals surface area (Å²) < 4.78 is 33.5. The van der Waals surface area contributed by atoms with Crippen molar-refractivity contribution < 1.29 is 32.9 Å². The van der Waals surface area contributed by atoms with Crippen molar-refractivity contribution in [1.82, 2.24) is 24.1 Å². The highest BCUT2D eigenvalue weighted by molar-refractivity contribution is 7.85. The zero-order valence-electron chi connectivity index (χ0n) is 24.4. The van der Waals surface area contributed by atoms with E-state index < -0.39 is 40.6 Å². The Balaban J connectivity index is 1.00. The molecule has 0 saturated carbocycles. The number of piperidine rings is 1. The van der Waals surface area contributed by atoms with Crippen molar-refractivity contribution in [2.75, 3.05) is 35.8 Å². The van der Waals surface area contributed by atoms with Crippen LogP contribution in [0.4, 0.5) is 15.8 Å². The molecule has 1 aromatic heterocycles. The minimum Gasteiger partial charge on any atom is -0.506 e. The first-order valence-corrected chi connectivity index (χ1v) is 15.6. The molecule has 7 rings (SSSR count). The van der Waals surface area contributed by atoms with Crippen LogP contribution in [0.3, 0.4) is 0 Å². The molecule has 0 spiro atoms. The highest BCUT2D eigenvalue weighted by atomic mass is 32.2. The Kier molecular flexibility index (Phi) is 7.12. The second kappa shape index (κ2) is 11.1. The number of imidazole rings is 1. The molecule has 238 valence electrons. The van der Waals surface area contributed by atoms with E-state index in [1.165, 1.54) is 33.4 Å². The molecule has 2 atom stereocenters. The van der Waals surface area contributed by atoms with Crippen LogP contribution in [0.25, 0.3) is 21.8 Å². The zero-order chi connectivity index (χ0) is 32.4. The molecule has 2 unspecified atom stereocenters. The second-order valence-corrected chi connectivity index (χ2v) is 12.8. The molecular formula is C30H28FN7O7S. The van der Waals surface area contributed by atoms with E-state index in [1.807, 2.05) is 23.1 Å². The molecular weight excluding hydrogens is 621 g/mol. The number of carbonyl (C=O) groups excluding carboxylic acids is 4. The van der Waals surface area contributed by atoms with Gasteiger partial charge in [-0.1, -0.05) is 6.07 Å². The van der Waals surface area contributed by atoms with E-state index in [0.29, 0.717) is 35.2 Å². The minimum atomic E-state index is -2.01. The molecule has 14 nitrogen and oxygen atoms in total. The standard InChI is InChI=1S/C30H28FN7O7S/c1-35-22-9-15(2-5-20(22)38(30(35)44)21-6-7-24(40)33-29(21)43)17-11-36(12-17)13-25(41)32-18-3-4-19-16(8-18)10-23(39)28(27(19)31)37-14-26(42)34-46(37)45/h2-5,8-10,17,21,39H,6-7,11-14H2,1H3,(H,32,41)(H,34,42)(H,33,40,43). The highest BCUT2D eigenvalue weighted by Crippen LogP contribution is 2.38. The van der Waals surface area contributed by atoms with Crippen molar-refractivity contribution in [3.05, 3.63) is 64.3 Å². The Hall–Kier alpha value is -5.09. The number of anilines is 2. The Morgan fingerprint density at radius 2 is 1.85 bits per heavy atom. The molecule has 4 aromatic rings. The summed E-state index contributed by atoms with van der Waals surface area (Å²) in [5, 5.41) is 16.0. The smallest absolute Gasteiger partial charge is 0.329 e. The second-order valence-electron chi connectivity index (χ2n) is 11.7. The molecule has 0 aliphatic carbocycles. The van der Waals surface area contributed by atoms with Crippen LogP contribution in [0.15, 0.2) is 47.3 Å². The van der Waals surface area contributed by atoms with Crippen molar-refractivity contribution in [1.29, 1.82) is 0 Å². The highest BCUT2D eigenvalue weighted by Gasteiger charge is 2.34. The lowest BCUT2D eigenvalue weighted by Crippen LogP contribution is -2.48. The average molecular weight is 650 g/mol. The van der Waals surface area contributed by atoms with Gasteiger partial charge in [0.05, 0.1) is 17.6 Å². The summed E-state index contributed by atoms with van der Waals surface area (Å²) in [7, 11) is 1.64. The molecule has 3 fully saturated rings. The summed E-state index contributed by atoms with van der Waals surface area (Å²) >= 11 is -2.01. The molecule has 4 N–H and O–H groups in total. The van der Waals surface area contributed by atoms with Crippen LogP contribution in [0.2, 0.25) is 0 Å². The number of aromatic hydroxyl groups is 1. The lowest BCUT2D eigenvalue weighted by molar-refractivity contribution is -0.135. The quantitative estimate of drug-likeness (QED) is 0.223. The van der Waals surface area contributed by atoms with Gasteiger partial charge in [0.2, 0.25) is 28.9 Å². The van der Waals surface area contributed by atoms with E-state index in [0.717, 1.165) is 9.87 Å². The number of aromatic nitrogens is 2. The maximum atomic E-state index is 15.3. The Morgan fingerprint density at radius 3 is 2.57 bits per heavy atom. The molecule has 4 heterocycles. The summed E-state index contributed by atoms with van der Waals surface area (Å²) in [6.45, 7) is 0.965. The SMILES string of the molecule is Cn1c(=O)n(C2CCC(=O)NC2=O)c2ccc(C3CN(CC(=O)Nc4ccc5c(F)c(N6CC(=O)NS6=O)c(O)cc5c4)C3)cc21. The maximum Gasteiger partial charge on any atom is 0.329 e. The van der Waals surface area contributed by atoms with Gasteiger partial charge in [-0.05, 0) is 53.8 Å². The van der Waals surface area contributed by atoms with Crippen LogP contribution < -0.4 is 25.4 Å². The van der Waals surface area contributed by atoms with Crippen LogP contribution in [-0.2, 0) is 37.4 Å². The van der Waals surface area contributed by atoms with Crippen LogP contribution in [0.1, 0.15) is 30.4 Å². The number of hydrogen-bond acceptors (Lipinski definition) is 8. The van der Waals surface area contributed by atoms with Gasteiger partial charge < -0.3 is 10.4 Å². The van der Waals surface area contributed by atoms with E-state index >= 15 is 4.39 Å². The number of imide groups is 1. The van der Waals surface area contributed by atoms with Gasteiger partial charge in [0.25, 0.3) is 5.91 Å². The number of phenolic OH excluding ortho intramolecular Hbond substituents is 1. The van der Waals surface area contributed by atoms with Gasteiger partial charge in [-0.3, -0.25) is 47.6 Å². The fourth-order valence-electron chi connectivity index (χ4n) is 6.37. The first-order chi connectivity index (χ1) is 22.0. The van der Waals surface area contributed by atoms with Crippen LogP contribution >= 0.6 is 0 Å². The van der Waals surface area contributed by atoms with E-state index in [4.69, 9.17) is 0 Å². The minimum absolute atomic E-state index is 0.113. The van der Waals surface area contributed by atoms with Gasteiger partial charge in [-0.2, -0.15) is 0 Å². The maximum absolute atomic E-state index is 15.3. The van der Waals surface area contributed by atoms with E-state index in [-0.39, 0.29) is 60.4 Å². The molecule has 4 amide bonds. The number of halogens is 1. The number of phenols is 1. The number of carbonyl (C=O) groups is 4. The number of likely N-dealkylation sites (tertiary alicyclic amines) is 1. The van der Waals surface area contributed by atoms with Gasteiger partial charge in [-0.15, -0.1) is 0 Å². The lowest BCUT2D eigenvalue weighted by atomic mass is 9.91. The first kappa shape index (κ1) is 29.6. The number of nitrogens with one attached hydrogen (secondary N) is 3. The summed E-state index contributed by atoms with van der Waals surface area (Å²) in [6, 6.07) is 10.7. The third kappa shape index (κ3) is 4.99. The predicted octanol–water partition coefficient (Wildman–Crippen LogP) is 0.868. The van der Waals surface area contributed by atoms with Crippen LogP contribution in [0.5, 0.6) is 5.75 Å². The number of aryl methyl sites for hydroxylation is 1. The van der Waals surface area contributed by atoms with E-state index in [9.17, 15) is 33.3 Å². The molecule has 3 aliphatic rings. The normalized spacial score (nSPS) is 20.7. The lowest BCUT2D eigenvalue weighted by Gasteiger charge is -2.39. The summed E-state index contributed by atoms with van der Waals surface area (Å²) in [5.41, 5.74) is 2.00. The van der Waals surface area contributed by atoms with Crippen LogP contribution in [-0.4, -0.2) is 73.2 Å². The molecule has 3 aliphatic heterocycles. The van der Waals surface area contributed by atoms with Crippen molar-refractivity contribution in [3.63, 3.8) is 0 Å². The number of hydrogen-bond donors (Lipinski definition) is 4. The Labute approximate surface area is 262 Å². The van der Waals surface area contributed by atoms with Gasteiger partial charge in [0.1, 0.15) is 24.0 Å². The molecule has 3 aromatic carbocycles. The number of nitrogens with zero attached hydrogens (tertiary/aromatic N) is 4.